The molecule has 19 heavy (non-hydrogen) atoms. The summed E-state index contributed by atoms with van der Waals surface area (Å²) in [7, 11) is 1.33. The van der Waals surface area contributed by atoms with Gasteiger partial charge in [0.15, 0.2) is 5.76 Å². The van der Waals surface area contributed by atoms with E-state index in [1.54, 1.807) is 6.92 Å². The summed E-state index contributed by atoms with van der Waals surface area (Å²) >= 11 is 0. The Hall–Kier alpha value is -1.92. The summed E-state index contributed by atoms with van der Waals surface area (Å²) in [5, 5.41) is 19.6. The third kappa shape index (κ3) is 1.38. The number of hydrogen-bond donors (Lipinski definition) is 2. The SMILES string of the molecule is COC1=CC(=O)c2c(c(C)c3n2C[C@H](O)[C@@H]3O)C1=O. The van der Waals surface area contributed by atoms with E-state index in [0.29, 0.717) is 11.3 Å². The van der Waals surface area contributed by atoms with Crippen molar-refractivity contribution in [1.82, 2.24) is 4.57 Å². The van der Waals surface area contributed by atoms with Crippen molar-refractivity contribution in [2.24, 2.45) is 0 Å². The summed E-state index contributed by atoms with van der Waals surface area (Å²) in [6.07, 6.45) is -0.874. The van der Waals surface area contributed by atoms with E-state index in [4.69, 9.17) is 4.74 Å². The van der Waals surface area contributed by atoms with Crippen LogP contribution in [0.1, 0.15) is 38.2 Å². The highest BCUT2D eigenvalue weighted by atomic mass is 16.5. The standard InChI is InChI=1S/C13H13NO5/c1-5-9-11(6(15)3-8(19-2)13(9)18)14-4-7(16)12(17)10(5)14/h3,7,12,16-17H,4H2,1-2H3/t7-,12-/m0/s1. The maximum absolute atomic E-state index is 12.2. The number of fused-ring (bicyclic) bond motifs is 3. The number of aliphatic hydroxyl groups is 2. The highest BCUT2D eigenvalue weighted by Gasteiger charge is 2.41. The zero-order valence-electron chi connectivity index (χ0n) is 10.5. The molecule has 1 aliphatic carbocycles. The van der Waals surface area contributed by atoms with Crippen molar-refractivity contribution in [1.29, 1.82) is 0 Å². The third-order valence-electron chi connectivity index (χ3n) is 3.74. The first kappa shape index (κ1) is 12.1. The zero-order valence-corrected chi connectivity index (χ0v) is 10.5. The van der Waals surface area contributed by atoms with Gasteiger partial charge in [-0.25, -0.2) is 0 Å². The van der Waals surface area contributed by atoms with Crippen LogP contribution in [0.5, 0.6) is 0 Å². The summed E-state index contributed by atoms with van der Waals surface area (Å²) in [5.74, 6) is -0.708. The second-order valence-corrected chi connectivity index (χ2v) is 4.76. The van der Waals surface area contributed by atoms with E-state index in [0.717, 1.165) is 6.08 Å². The Morgan fingerprint density at radius 3 is 2.68 bits per heavy atom. The van der Waals surface area contributed by atoms with Crippen LogP contribution in [-0.4, -0.2) is 39.6 Å². The largest absolute Gasteiger partial charge is 0.492 e. The molecule has 0 aromatic carbocycles. The molecule has 2 heterocycles. The molecule has 0 bridgehead atoms. The highest BCUT2D eigenvalue weighted by molar-refractivity contribution is 6.24. The molecular weight excluding hydrogens is 250 g/mol. The predicted octanol–water partition coefficient (Wildman–Crippen LogP) is 0.114. The van der Waals surface area contributed by atoms with E-state index < -0.39 is 12.2 Å². The lowest BCUT2D eigenvalue weighted by molar-refractivity contribution is 0.0303. The van der Waals surface area contributed by atoms with Gasteiger partial charge in [0.05, 0.1) is 24.9 Å². The Labute approximate surface area is 108 Å². The molecule has 2 N–H and O–H groups in total. The summed E-state index contributed by atoms with van der Waals surface area (Å²) < 4.78 is 6.43. The molecule has 1 aliphatic heterocycles. The minimum atomic E-state index is -1.07. The van der Waals surface area contributed by atoms with E-state index in [9.17, 15) is 19.8 Å². The van der Waals surface area contributed by atoms with E-state index >= 15 is 0 Å². The summed E-state index contributed by atoms with van der Waals surface area (Å²) in [4.78, 5) is 24.3. The second kappa shape index (κ2) is 3.79. The van der Waals surface area contributed by atoms with Crippen LogP contribution >= 0.6 is 0 Å². The lowest BCUT2D eigenvalue weighted by Gasteiger charge is -2.14. The average molecular weight is 263 g/mol. The van der Waals surface area contributed by atoms with Crippen molar-refractivity contribution in [3.05, 3.63) is 34.3 Å². The quantitative estimate of drug-likeness (QED) is 0.751. The molecule has 6 nitrogen and oxygen atoms in total. The molecule has 0 radical (unpaired) electrons. The molecular formula is C13H13NO5. The van der Waals surface area contributed by atoms with Gasteiger partial charge >= 0.3 is 0 Å². The molecule has 1 aromatic heterocycles. The second-order valence-electron chi connectivity index (χ2n) is 4.76. The van der Waals surface area contributed by atoms with Crippen LogP contribution in [0.3, 0.4) is 0 Å². The minimum Gasteiger partial charge on any atom is -0.492 e. The number of hydrogen-bond acceptors (Lipinski definition) is 5. The third-order valence-corrected chi connectivity index (χ3v) is 3.74. The highest BCUT2D eigenvalue weighted by Crippen LogP contribution is 2.38. The topological polar surface area (TPSA) is 88.8 Å². The average Bonchev–Trinajstić information content (AvgIpc) is 2.81. The van der Waals surface area contributed by atoms with Crippen LogP contribution in [0.25, 0.3) is 0 Å². The van der Waals surface area contributed by atoms with Gasteiger partial charge in [0.2, 0.25) is 11.6 Å². The molecule has 0 spiro atoms. The number of rotatable bonds is 1. The van der Waals surface area contributed by atoms with Crippen LogP contribution in [0.4, 0.5) is 0 Å². The maximum atomic E-state index is 12.2. The Kier molecular flexibility index (Phi) is 2.42. The Morgan fingerprint density at radius 1 is 1.37 bits per heavy atom. The van der Waals surface area contributed by atoms with E-state index in [1.165, 1.54) is 11.7 Å². The van der Waals surface area contributed by atoms with Gasteiger partial charge in [-0.15, -0.1) is 0 Å². The first-order valence-electron chi connectivity index (χ1n) is 5.91. The fourth-order valence-electron chi connectivity index (χ4n) is 2.87. The van der Waals surface area contributed by atoms with Crippen molar-refractivity contribution in [3.63, 3.8) is 0 Å². The fourth-order valence-corrected chi connectivity index (χ4v) is 2.87. The van der Waals surface area contributed by atoms with Gasteiger partial charge in [-0.3, -0.25) is 9.59 Å². The van der Waals surface area contributed by atoms with Crippen LogP contribution in [0.15, 0.2) is 11.8 Å². The molecule has 0 saturated heterocycles. The predicted molar refractivity (Wildman–Crippen MR) is 63.9 cm³/mol. The van der Waals surface area contributed by atoms with E-state index in [1.807, 2.05) is 0 Å². The van der Waals surface area contributed by atoms with Crippen LogP contribution in [0.2, 0.25) is 0 Å². The number of aliphatic hydroxyl groups excluding tert-OH is 2. The first-order chi connectivity index (χ1) is 8.97. The number of methoxy groups -OCH3 is 1. The Balaban J connectivity index is 2.27. The van der Waals surface area contributed by atoms with Crippen LogP contribution < -0.4 is 0 Å². The lowest BCUT2D eigenvalue weighted by Crippen LogP contribution is -2.22. The van der Waals surface area contributed by atoms with Gasteiger partial charge in [-0.2, -0.15) is 0 Å². The normalized spacial score (nSPS) is 25.2. The van der Waals surface area contributed by atoms with Crippen molar-refractivity contribution in [3.8, 4) is 0 Å². The summed E-state index contributed by atoms with van der Waals surface area (Å²) in [6, 6.07) is 0. The fraction of sp³-hybridized carbons (Fsp3) is 0.385. The van der Waals surface area contributed by atoms with Gasteiger partial charge in [0.25, 0.3) is 0 Å². The number of ketones is 2. The molecule has 6 heteroatoms. The van der Waals surface area contributed by atoms with Crippen LogP contribution in [-0.2, 0) is 11.3 Å². The van der Waals surface area contributed by atoms with Crippen molar-refractivity contribution < 1.29 is 24.5 Å². The van der Waals surface area contributed by atoms with E-state index in [-0.39, 0.29) is 35.1 Å². The number of carbonyl (C=O) groups is 2. The number of allylic oxidation sites excluding steroid dienone is 2. The number of Topliss-reactive ketones (excluding diaryl/α,β-unsaturated/α-hetero) is 1. The minimum absolute atomic E-state index is 0.0000817. The lowest BCUT2D eigenvalue weighted by atomic mass is 9.95. The van der Waals surface area contributed by atoms with Gasteiger partial charge < -0.3 is 19.5 Å². The number of aromatic nitrogens is 1. The van der Waals surface area contributed by atoms with Gasteiger partial charge in [0, 0.05) is 6.08 Å². The number of carbonyl (C=O) groups excluding carboxylic acids is 2. The smallest absolute Gasteiger partial charge is 0.230 e. The maximum Gasteiger partial charge on any atom is 0.230 e. The molecule has 0 amide bonds. The first-order valence-corrected chi connectivity index (χ1v) is 5.91. The molecule has 1 aromatic rings. The van der Waals surface area contributed by atoms with E-state index in [2.05, 4.69) is 0 Å². The molecule has 0 saturated carbocycles. The Morgan fingerprint density at radius 2 is 2.05 bits per heavy atom. The van der Waals surface area contributed by atoms with Crippen molar-refractivity contribution in [2.75, 3.05) is 7.11 Å². The summed E-state index contributed by atoms with van der Waals surface area (Å²) in [5.41, 5.74) is 1.46. The molecule has 100 valence electrons. The number of nitrogens with zero attached hydrogens (tertiary/aromatic N) is 1. The van der Waals surface area contributed by atoms with Gasteiger partial charge in [0.1, 0.15) is 17.9 Å². The van der Waals surface area contributed by atoms with Gasteiger partial charge in [-0.1, -0.05) is 0 Å². The molecule has 2 atom stereocenters. The van der Waals surface area contributed by atoms with Crippen molar-refractivity contribution in [2.45, 2.75) is 25.7 Å². The molecule has 0 unspecified atom stereocenters. The van der Waals surface area contributed by atoms with Crippen LogP contribution in [0, 0.1) is 6.92 Å². The number of ether oxygens (including phenoxy) is 1. The molecule has 2 aliphatic rings. The monoisotopic (exact) mass is 263 g/mol. The molecule has 3 rings (SSSR count). The van der Waals surface area contributed by atoms with Crippen molar-refractivity contribution >= 4 is 11.6 Å². The summed E-state index contributed by atoms with van der Waals surface area (Å²) in [6.45, 7) is 1.78. The molecule has 0 fully saturated rings. The Bertz CT molecular complexity index is 640. The van der Waals surface area contributed by atoms with Gasteiger partial charge in [-0.05, 0) is 12.5 Å². The zero-order chi connectivity index (χ0) is 13.9.